The first kappa shape index (κ1) is 20.4. The van der Waals surface area contributed by atoms with Gasteiger partial charge in [-0.15, -0.1) is 0 Å². The summed E-state index contributed by atoms with van der Waals surface area (Å²) in [6.45, 7) is 0.427. The fourth-order valence-electron chi connectivity index (χ4n) is 2.76. The molecule has 0 fully saturated rings. The van der Waals surface area contributed by atoms with Crippen LogP contribution in [0.2, 0.25) is 0 Å². The maximum Gasteiger partial charge on any atom is 0.263 e. The van der Waals surface area contributed by atoms with Crippen molar-refractivity contribution in [2.24, 2.45) is 0 Å². The Labute approximate surface area is 176 Å². The lowest BCUT2D eigenvalue weighted by Gasteiger charge is -2.10. The van der Waals surface area contributed by atoms with Crippen LogP contribution in [0.5, 0.6) is 0 Å². The average Bonchev–Trinajstić information content (AvgIpc) is 3.27. The van der Waals surface area contributed by atoms with E-state index in [9.17, 15) is 17.2 Å². The molecule has 4 aromatic rings. The van der Waals surface area contributed by atoms with Gasteiger partial charge in [0, 0.05) is 37.4 Å². The summed E-state index contributed by atoms with van der Waals surface area (Å²) in [6, 6.07) is 10.8. The molecule has 3 aromatic heterocycles. The summed E-state index contributed by atoms with van der Waals surface area (Å²) >= 11 is 0. The van der Waals surface area contributed by atoms with Crippen molar-refractivity contribution in [2.45, 2.75) is 11.4 Å². The molecule has 8 nitrogen and oxygen atoms in total. The van der Waals surface area contributed by atoms with E-state index in [2.05, 4.69) is 25.1 Å². The van der Waals surface area contributed by atoms with Gasteiger partial charge in [0.2, 0.25) is 0 Å². The fraction of sp³-hybridized carbons (Fsp3) is 0.0500. The van der Waals surface area contributed by atoms with E-state index in [1.165, 1.54) is 12.1 Å². The molecule has 1 aromatic carbocycles. The van der Waals surface area contributed by atoms with Crippen LogP contribution < -0.4 is 10.0 Å². The highest BCUT2D eigenvalue weighted by Crippen LogP contribution is 2.19. The van der Waals surface area contributed by atoms with Crippen LogP contribution in [-0.2, 0) is 16.6 Å². The monoisotopic (exact) mass is 442 g/mol. The number of benzene rings is 1. The van der Waals surface area contributed by atoms with Gasteiger partial charge >= 0.3 is 0 Å². The number of halogens is 2. The van der Waals surface area contributed by atoms with Crippen molar-refractivity contribution in [1.82, 2.24) is 19.7 Å². The number of hydrogen-bond acceptors (Lipinski definition) is 6. The number of hydrogen-bond donors (Lipinski definition) is 2. The van der Waals surface area contributed by atoms with Crippen molar-refractivity contribution in [3.63, 3.8) is 0 Å². The molecule has 0 radical (unpaired) electrons. The number of anilines is 2. The predicted molar refractivity (Wildman–Crippen MR) is 110 cm³/mol. The second-order valence-corrected chi connectivity index (χ2v) is 8.15. The first-order valence-electron chi connectivity index (χ1n) is 9.03. The van der Waals surface area contributed by atoms with Gasteiger partial charge in [0.15, 0.2) is 5.82 Å². The molecule has 2 N–H and O–H groups in total. The van der Waals surface area contributed by atoms with Crippen LogP contribution in [0.25, 0.3) is 5.82 Å². The first-order chi connectivity index (χ1) is 14.9. The van der Waals surface area contributed by atoms with E-state index < -0.39 is 21.7 Å². The quantitative estimate of drug-likeness (QED) is 0.455. The Hall–Kier alpha value is -3.86. The first-order valence-corrected chi connectivity index (χ1v) is 10.5. The summed E-state index contributed by atoms with van der Waals surface area (Å²) < 4.78 is 55.2. The van der Waals surface area contributed by atoms with Gasteiger partial charge in [-0.05, 0) is 48.0 Å². The molecule has 0 aliphatic carbocycles. The maximum absolute atomic E-state index is 13.3. The van der Waals surface area contributed by atoms with Gasteiger partial charge in [-0.2, -0.15) is 5.10 Å². The highest BCUT2D eigenvalue weighted by atomic mass is 32.2. The molecule has 0 atom stereocenters. The van der Waals surface area contributed by atoms with Crippen LogP contribution in [0.15, 0.2) is 78.2 Å². The zero-order valence-electron chi connectivity index (χ0n) is 15.9. The standard InChI is InChI=1S/C20H16F2N6O2S/c21-15-9-16(22)11-17(10-15)27-31(29,30)18-2-3-19(25-13-18)24-12-14-4-6-23-20(8-14)28-7-1-5-26-28/h1-11,13,27H,12H2,(H,24,25). The number of rotatable bonds is 7. The Bertz CT molecular complexity index is 1280. The van der Waals surface area contributed by atoms with Gasteiger partial charge in [-0.25, -0.2) is 31.8 Å². The van der Waals surface area contributed by atoms with Crippen LogP contribution in [0.3, 0.4) is 0 Å². The maximum atomic E-state index is 13.3. The largest absolute Gasteiger partial charge is 0.366 e. The number of nitrogens with one attached hydrogen (secondary N) is 2. The van der Waals surface area contributed by atoms with E-state index in [1.54, 1.807) is 29.3 Å². The second kappa shape index (κ2) is 8.48. The van der Waals surface area contributed by atoms with Crippen molar-refractivity contribution in [3.8, 4) is 5.82 Å². The van der Waals surface area contributed by atoms with Crippen molar-refractivity contribution in [3.05, 3.63) is 90.5 Å². The average molecular weight is 442 g/mol. The normalized spacial score (nSPS) is 11.3. The molecule has 0 saturated heterocycles. The molecule has 3 heterocycles. The summed E-state index contributed by atoms with van der Waals surface area (Å²) in [6.07, 6.45) is 6.26. The molecule has 0 aliphatic rings. The lowest BCUT2D eigenvalue weighted by molar-refractivity contribution is 0.584. The minimum absolute atomic E-state index is 0.146. The topological polar surface area (TPSA) is 102 Å². The zero-order chi connectivity index (χ0) is 21.8. The number of nitrogens with zero attached hydrogens (tertiary/aromatic N) is 4. The van der Waals surface area contributed by atoms with Gasteiger partial charge in [0.1, 0.15) is 22.3 Å². The van der Waals surface area contributed by atoms with Crippen LogP contribution in [-0.4, -0.2) is 28.2 Å². The summed E-state index contributed by atoms with van der Waals surface area (Å²) in [5.74, 6) is -0.656. The Balaban J connectivity index is 1.43. The molecule has 0 bridgehead atoms. The number of pyridine rings is 2. The highest BCUT2D eigenvalue weighted by Gasteiger charge is 2.16. The lowest BCUT2D eigenvalue weighted by atomic mass is 10.2. The molecule has 0 amide bonds. The van der Waals surface area contributed by atoms with Gasteiger partial charge in [0.25, 0.3) is 10.0 Å². The number of aromatic nitrogens is 4. The summed E-state index contributed by atoms with van der Waals surface area (Å²) in [5.41, 5.74) is 0.708. The second-order valence-electron chi connectivity index (χ2n) is 6.47. The Morgan fingerprint density at radius 3 is 2.45 bits per heavy atom. The number of sulfonamides is 1. The minimum atomic E-state index is -4.05. The Morgan fingerprint density at radius 1 is 0.968 bits per heavy atom. The zero-order valence-corrected chi connectivity index (χ0v) is 16.7. The van der Waals surface area contributed by atoms with Crippen LogP contribution in [0.4, 0.5) is 20.3 Å². The third-order valence-corrected chi connectivity index (χ3v) is 5.55. The molecule has 0 spiro atoms. The molecule has 4 rings (SSSR count). The predicted octanol–water partition coefficient (Wildman–Crippen LogP) is 3.35. The molecule has 11 heteroatoms. The minimum Gasteiger partial charge on any atom is -0.366 e. The van der Waals surface area contributed by atoms with Gasteiger partial charge in [0.05, 0.1) is 5.69 Å². The lowest BCUT2D eigenvalue weighted by Crippen LogP contribution is -2.14. The third kappa shape index (κ3) is 5.01. The summed E-state index contributed by atoms with van der Waals surface area (Å²) in [7, 11) is -4.05. The van der Waals surface area contributed by atoms with Gasteiger partial charge in [-0.3, -0.25) is 4.72 Å². The van der Waals surface area contributed by atoms with Crippen molar-refractivity contribution in [1.29, 1.82) is 0 Å². The molecule has 0 saturated carbocycles. The van der Waals surface area contributed by atoms with Crippen molar-refractivity contribution >= 4 is 21.5 Å². The molecule has 31 heavy (non-hydrogen) atoms. The van der Waals surface area contributed by atoms with E-state index in [-0.39, 0.29) is 10.6 Å². The van der Waals surface area contributed by atoms with E-state index in [4.69, 9.17) is 0 Å². The van der Waals surface area contributed by atoms with Crippen LogP contribution in [0.1, 0.15) is 5.56 Å². The van der Waals surface area contributed by atoms with Crippen molar-refractivity contribution < 1.29 is 17.2 Å². The van der Waals surface area contributed by atoms with E-state index in [0.29, 0.717) is 24.2 Å². The van der Waals surface area contributed by atoms with E-state index >= 15 is 0 Å². The molecule has 158 valence electrons. The van der Waals surface area contributed by atoms with Crippen molar-refractivity contribution in [2.75, 3.05) is 10.0 Å². The van der Waals surface area contributed by atoms with Crippen LogP contribution in [0, 0.1) is 11.6 Å². The van der Waals surface area contributed by atoms with Gasteiger partial charge < -0.3 is 5.32 Å². The molecular formula is C20H16F2N6O2S. The molecular weight excluding hydrogens is 426 g/mol. The SMILES string of the molecule is O=S(=O)(Nc1cc(F)cc(F)c1)c1ccc(NCc2ccnc(-n3cccn3)c2)nc1. The fourth-order valence-corrected chi connectivity index (χ4v) is 3.75. The summed E-state index contributed by atoms with van der Waals surface area (Å²) in [4.78, 5) is 8.21. The third-order valence-electron chi connectivity index (χ3n) is 4.18. The molecule has 0 unspecified atom stereocenters. The molecule has 0 aliphatic heterocycles. The smallest absolute Gasteiger partial charge is 0.263 e. The van der Waals surface area contributed by atoms with Gasteiger partial charge in [-0.1, -0.05) is 0 Å². The highest BCUT2D eigenvalue weighted by molar-refractivity contribution is 7.92. The van der Waals surface area contributed by atoms with E-state index in [0.717, 1.165) is 23.9 Å². The Morgan fingerprint density at radius 2 is 1.77 bits per heavy atom. The summed E-state index contributed by atoms with van der Waals surface area (Å²) in [5, 5.41) is 7.23. The Kier molecular flexibility index (Phi) is 5.58. The van der Waals surface area contributed by atoms with Crippen LogP contribution >= 0.6 is 0 Å². The van der Waals surface area contributed by atoms with E-state index in [1.807, 2.05) is 12.1 Å².